The second kappa shape index (κ2) is 12.4. The molecule has 1 atom stereocenters. The van der Waals surface area contributed by atoms with E-state index >= 15 is 0 Å². The average Bonchev–Trinajstić information content (AvgIpc) is 2.69. The first-order chi connectivity index (χ1) is 13.1. The molecule has 0 saturated carbocycles. The van der Waals surface area contributed by atoms with E-state index in [-0.39, 0.29) is 35.9 Å². The lowest BCUT2D eigenvalue weighted by Gasteiger charge is -2.16. The van der Waals surface area contributed by atoms with Gasteiger partial charge in [-0.15, -0.1) is 24.0 Å². The highest BCUT2D eigenvalue weighted by molar-refractivity contribution is 14.0. The minimum Gasteiger partial charge on any atom is -0.493 e. The third-order valence-corrected chi connectivity index (χ3v) is 3.93. The number of guanidine groups is 1. The standard InChI is InChI=1S/C20H26FN3O3.HI/c1-5-22-20(24-16-10-11-17(25-2)18(12-16)26-3)23-13-19(27-4)14-6-8-15(21)9-7-14;/h6-12,19H,5,13H2,1-4H3,(H2,22,23,24);1H. The summed E-state index contributed by atoms with van der Waals surface area (Å²) < 4.78 is 29.2. The highest BCUT2D eigenvalue weighted by Gasteiger charge is 2.11. The Morgan fingerprint density at radius 1 is 1.04 bits per heavy atom. The van der Waals surface area contributed by atoms with Crippen LogP contribution in [-0.2, 0) is 4.74 Å². The Hall–Kier alpha value is -2.07. The van der Waals surface area contributed by atoms with Gasteiger partial charge in [-0.3, -0.25) is 0 Å². The van der Waals surface area contributed by atoms with Crippen LogP contribution in [-0.4, -0.2) is 40.4 Å². The summed E-state index contributed by atoms with van der Waals surface area (Å²) in [5.41, 5.74) is 1.67. The molecule has 0 aliphatic heterocycles. The van der Waals surface area contributed by atoms with Crippen LogP contribution in [0.4, 0.5) is 10.1 Å². The van der Waals surface area contributed by atoms with Crippen LogP contribution in [0.25, 0.3) is 0 Å². The maximum absolute atomic E-state index is 13.1. The van der Waals surface area contributed by atoms with Gasteiger partial charge in [0.05, 0.1) is 20.8 Å². The zero-order valence-corrected chi connectivity index (χ0v) is 18.8. The van der Waals surface area contributed by atoms with Gasteiger partial charge >= 0.3 is 0 Å². The number of rotatable bonds is 8. The van der Waals surface area contributed by atoms with Gasteiger partial charge in [-0.05, 0) is 36.8 Å². The summed E-state index contributed by atoms with van der Waals surface area (Å²) >= 11 is 0. The smallest absolute Gasteiger partial charge is 0.195 e. The van der Waals surface area contributed by atoms with Gasteiger partial charge in [-0.2, -0.15) is 0 Å². The molecule has 0 spiro atoms. The molecule has 0 heterocycles. The molecule has 2 aromatic carbocycles. The lowest BCUT2D eigenvalue weighted by molar-refractivity contribution is 0.111. The van der Waals surface area contributed by atoms with Crippen LogP contribution in [0.1, 0.15) is 18.6 Å². The van der Waals surface area contributed by atoms with Crippen LogP contribution >= 0.6 is 24.0 Å². The normalized spacial score (nSPS) is 12.0. The molecule has 2 N–H and O–H groups in total. The molecule has 0 amide bonds. The van der Waals surface area contributed by atoms with Gasteiger partial charge in [0, 0.05) is 25.4 Å². The van der Waals surface area contributed by atoms with Gasteiger partial charge < -0.3 is 24.8 Å². The molecule has 0 aliphatic rings. The minimum atomic E-state index is -0.277. The van der Waals surface area contributed by atoms with Gasteiger partial charge in [-0.1, -0.05) is 12.1 Å². The molecule has 28 heavy (non-hydrogen) atoms. The molecule has 154 valence electrons. The summed E-state index contributed by atoms with van der Waals surface area (Å²) in [6.45, 7) is 3.07. The fourth-order valence-electron chi connectivity index (χ4n) is 2.53. The maximum Gasteiger partial charge on any atom is 0.195 e. The summed E-state index contributed by atoms with van der Waals surface area (Å²) in [5.74, 6) is 1.61. The van der Waals surface area contributed by atoms with Crippen molar-refractivity contribution in [3.8, 4) is 11.5 Å². The van der Waals surface area contributed by atoms with Crippen molar-refractivity contribution in [1.82, 2.24) is 5.32 Å². The van der Waals surface area contributed by atoms with Crippen LogP contribution in [0, 0.1) is 5.82 Å². The fourth-order valence-corrected chi connectivity index (χ4v) is 2.53. The van der Waals surface area contributed by atoms with Crippen LogP contribution < -0.4 is 20.1 Å². The molecule has 0 bridgehead atoms. The number of hydrogen-bond acceptors (Lipinski definition) is 4. The molecular formula is C20H27FIN3O3. The Kier molecular flexibility index (Phi) is 10.6. The second-order valence-corrected chi connectivity index (χ2v) is 5.69. The van der Waals surface area contributed by atoms with E-state index in [2.05, 4.69) is 15.6 Å². The number of benzene rings is 2. The molecule has 0 radical (unpaired) electrons. The predicted molar refractivity (Wildman–Crippen MR) is 121 cm³/mol. The largest absolute Gasteiger partial charge is 0.493 e. The van der Waals surface area contributed by atoms with Gasteiger partial charge in [0.1, 0.15) is 11.9 Å². The van der Waals surface area contributed by atoms with Crippen molar-refractivity contribution in [3.05, 3.63) is 53.8 Å². The van der Waals surface area contributed by atoms with Gasteiger partial charge in [0.2, 0.25) is 0 Å². The van der Waals surface area contributed by atoms with E-state index in [1.54, 1.807) is 33.5 Å². The Morgan fingerprint density at radius 3 is 2.29 bits per heavy atom. The van der Waals surface area contributed by atoms with Gasteiger partial charge in [0.25, 0.3) is 0 Å². The number of aliphatic imine (C=N–C) groups is 1. The SMILES string of the molecule is CCNC(=NCC(OC)c1ccc(F)cc1)Nc1ccc(OC)c(OC)c1.I. The number of ether oxygens (including phenoxy) is 3. The van der Waals surface area contributed by atoms with Crippen molar-refractivity contribution in [1.29, 1.82) is 0 Å². The summed E-state index contributed by atoms with van der Waals surface area (Å²) in [6.07, 6.45) is -0.272. The molecule has 0 aromatic heterocycles. The summed E-state index contributed by atoms with van der Waals surface area (Å²) in [5, 5.41) is 6.42. The molecule has 0 fully saturated rings. The van der Waals surface area contributed by atoms with Gasteiger partial charge in [0.15, 0.2) is 17.5 Å². The van der Waals surface area contributed by atoms with E-state index in [1.165, 1.54) is 12.1 Å². The first-order valence-corrected chi connectivity index (χ1v) is 8.66. The first kappa shape index (κ1) is 24.0. The number of methoxy groups -OCH3 is 3. The molecule has 6 nitrogen and oxygen atoms in total. The number of hydrogen-bond donors (Lipinski definition) is 2. The van der Waals surface area contributed by atoms with Crippen LogP contribution in [0.5, 0.6) is 11.5 Å². The van der Waals surface area contributed by atoms with Crippen LogP contribution in [0.15, 0.2) is 47.5 Å². The Bertz CT molecular complexity index is 757. The Morgan fingerprint density at radius 2 is 1.71 bits per heavy atom. The van der Waals surface area contributed by atoms with Crippen LogP contribution in [0.2, 0.25) is 0 Å². The predicted octanol–water partition coefficient (Wildman–Crippen LogP) is 4.23. The second-order valence-electron chi connectivity index (χ2n) is 5.69. The van der Waals surface area contributed by atoms with E-state index < -0.39 is 0 Å². The highest BCUT2D eigenvalue weighted by Crippen LogP contribution is 2.29. The molecule has 0 saturated heterocycles. The summed E-state index contributed by atoms with van der Waals surface area (Å²) in [7, 11) is 4.79. The van der Waals surface area contributed by atoms with Crippen molar-refractivity contribution >= 4 is 35.6 Å². The molecular weight excluding hydrogens is 476 g/mol. The number of nitrogens with zero attached hydrogens (tertiary/aromatic N) is 1. The zero-order valence-electron chi connectivity index (χ0n) is 16.5. The van der Waals surface area contributed by atoms with E-state index in [4.69, 9.17) is 14.2 Å². The summed E-state index contributed by atoms with van der Waals surface area (Å²) in [6, 6.07) is 11.8. The van der Waals surface area contributed by atoms with Gasteiger partial charge in [-0.25, -0.2) is 9.38 Å². The monoisotopic (exact) mass is 503 g/mol. The lowest BCUT2D eigenvalue weighted by atomic mass is 10.1. The quantitative estimate of drug-likeness (QED) is 0.321. The Labute approximate surface area is 182 Å². The zero-order chi connectivity index (χ0) is 19.6. The fraction of sp³-hybridized carbons (Fsp3) is 0.350. The average molecular weight is 503 g/mol. The third-order valence-electron chi connectivity index (χ3n) is 3.93. The number of anilines is 1. The first-order valence-electron chi connectivity index (χ1n) is 8.66. The van der Waals surface area contributed by atoms with Crippen molar-refractivity contribution in [3.63, 3.8) is 0 Å². The van der Waals surface area contributed by atoms with Crippen molar-refractivity contribution in [2.24, 2.45) is 4.99 Å². The van der Waals surface area contributed by atoms with E-state index in [0.29, 0.717) is 30.5 Å². The van der Waals surface area contributed by atoms with Crippen molar-refractivity contribution in [2.45, 2.75) is 13.0 Å². The minimum absolute atomic E-state index is 0. The lowest BCUT2D eigenvalue weighted by Crippen LogP contribution is -2.31. The molecule has 0 aliphatic carbocycles. The molecule has 1 unspecified atom stereocenters. The third kappa shape index (κ3) is 6.83. The Balaban J connectivity index is 0.00000392. The molecule has 2 aromatic rings. The van der Waals surface area contributed by atoms with E-state index in [1.807, 2.05) is 25.1 Å². The summed E-state index contributed by atoms with van der Waals surface area (Å²) in [4.78, 5) is 4.58. The number of nitrogens with one attached hydrogen (secondary N) is 2. The van der Waals surface area contributed by atoms with Crippen molar-refractivity contribution in [2.75, 3.05) is 39.7 Å². The number of halogens is 2. The van der Waals surface area contributed by atoms with E-state index in [0.717, 1.165) is 11.3 Å². The van der Waals surface area contributed by atoms with E-state index in [9.17, 15) is 4.39 Å². The topological polar surface area (TPSA) is 64.1 Å². The maximum atomic E-state index is 13.1. The molecule has 8 heteroatoms. The highest BCUT2D eigenvalue weighted by atomic mass is 127. The van der Waals surface area contributed by atoms with Crippen LogP contribution in [0.3, 0.4) is 0 Å². The van der Waals surface area contributed by atoms with Crippen molar-refractivity contribution < 1.29 is 18.6 Å². The molecule has 2 rings (SSSR count).